The molecular formula is C16H29N3. The van der Waals surface area contributed by atoms with Crippen LogP contribution in [0.3, 0.4) is 0 Å². The van der Waals surface area contributed by atoms with Crippen LogP contribution >= 0.6 is 0 Å². The van der Waals surface area contributed by atoms with E-state index in [1.165, 1.54) is 77.0 Å². The highest BCUT2D eigenvalue weighted by molar-refractivity contribution is 5.81. The van der Waals surface area contributed by atoms with Crippen molar-refractivity contribution in [2.75, 3.05) is 6.54 Å². The number of rotatable bonds is 1. The molecule has 0 amide bonds. The number of nitrogens with two attached hydrogens (primary N) is 1. The highest BCUT2D eigenvalue weighted by atomic mass is 15.4. The van der Waals surface area contributed by atoms with Gasteiger partial charge >= 0.3 is 0 Å². The van der Waals surface area contributed by atoms with Crippen LogP contribution in [0.5, 0.6) is 0 Å². The highest BCUT2D eigenvalue weighted by Crippen LogP contribution is 2.39. The molecule has 0 aromatic rings. The Balaban J connectivity index is 1.79. The van der Waals surface area contributed by atoms with E-state index in [2.05, 4.69) is 9.89 Å². The van der Waals surface area contributed by atoms with Crippen molar-refractivity contribution in [1.82, 2.24) is 4.90 Å². The van der Waals surface area contributed by atoms with Gasteiger partial charge in [0, 0.05) is 6.04 Å². The Bertz CT molecular complexity index is 321. The number of nitrogens with zero attached hydrogens (tertiary/aromatic N) is 2. The van der Waals surface area contributed by atoms with E-state index in [1.807, 2.05) is 0 Å². The van der Waals surface area contributed by atoms with Crippen molar-refractivity contribution in [1.29, 1.82) is 0 Å². The summed E-state index contributed by atoms with van der Waals surface area (Å²) in [7, 11) is 0. The molecule has 2 aliphatic carbocycles. The van der Waals surface area contributed by atoms with Gasteiger partial charge in [0.25, 0.3) is 0 Å². The molecule has 2 N–H and O–H groups in total. The molecule has 3 rings (SSSR count). The van der Waals surface area contributed by atoms with Crippen molar-refractivity contribution in [3.63, 3.8) is 0 Å². The molecule has 0 saturated heterocycles. The molecular weight excluding hydrogens is 234 g/mol. The van der Waals surface area contributed by atoms with Gasteiger partial charge in [-0.2, -0.15) is 0 Å². The van der Waals surface area contributed by atoms with Crippen molar-refractivity contribution in [3.8, 4) is 0 Å². The smallest absolute Gasteiger partial charge is 0.192 e. The quantitative estimate of drug-likeness (QED) is 0.736. The first-order valence-electron chi connectivity index (χ1n) is 8.41. The minimum absolute atomic E-state index is 0.301. The van der Waals surface area contributed by atoms with E-state index in [4.69, 9.17) is 5.73 Å². The van der Waals surface area contributed by atoms with E-state index < -0.39 is 0 Å². The largest absolute Gasteiger partial charge is 0.370 e. The van der Waals surface area contributed by atoms with E-state index >= 15 is 0 Å². The lowest BCUT2D eigenvalue weighted by Crippen LogP contribution is -2.56. The first-order valence-corrected chi connectivity index (χ1v) is 8.41. The van der Waals surface area contributed by atoms with Crippen LogP contribution in [0, 0.1) is 0 Å². The molecule has 1 heterocycles. The zero-order chi connectivity index (χ0) is 13.1. The van der Waals surface area contributed by atoms with E-state index in [9.17, 15) is 0 Å². The SMILES string of the molecule is NC1=NCC2(CCCCCC2)N1C1CCCCCC1. The minimum Gasteiger partial charge on any atom is -0.370 e. The second kappa shape index (κ2) is 5.72. The normalized spacial score (nSPS) is 29.1. The Morgan fingerprint density at radius 2 is 1.47 bits per heavy atom. The van der Waals surface area contributed by atoms with E-state index in [-0.39, 0.29) is 0 Å². The molecule has 3 aliphatic rings. The summed E-state index contributed by atoms with van der Waals surface area (Å²) >= 11 is 0. The van der Waals surface area contributed by atoms with Crippen LogP contribution in [0.4, 0.5) is 0 Å². The minimum atomic E-state index is 0.301. The van der Waals surface area contributed by atoms with Gasteiger partial charge in [-0.15, -0.1) is 0 Å². The molecule has 1 spiro atoms. The average molecular weight is 263 g/mol. The topological polar surface area (TPSA) is 41.6 Å². The van der Waals surface area contributed by atoms with Gasteiger partial charge in [0.15, 0.2) is 5.96 Å². The van der Waals surface area contributed by atoms with Crippen molar-refractivity contribution in [2.45, 2.75) is 88.6 Å². The number of guanidine groups is 1. The van der Waals surface area contributed by atoms with Gasteiger partial charge in [0.1, 0.15) is 0 Å². The fourth-order valence-electron chi connectivity index (χ4n) is 4.50. The van der Waals surface area contributed by atoms with Crippen LogP contribution in [0.2, 0.25) is 0 Å². The number of hydrogen-bond acceptors (Lipinski definition) is 3. The maximum atomic E-state index is 6.29. The van der Waals surface area contributed by atoms with Gasteiger partial charge in [-0.1, -0.05) is 51.4 Å². The van der Waals surface area contributed by atoms with Crippen molar-refractivity contribution < 1.29 is 0 Å². The first-order chi connectivity index (χ1) is 9.32. The first kappa shape index (κ1) is 13.3. The van der Waals surface area contributed by atoms with Crippen molar-refractivity contribution >= 4 is 5.96 Å². The Kier molecular flexibility index (Phi) is 3.99. The molecule has 0 atom stereocenters. The predicted octanol–water partition coefficient (Wildman–Crippen LogP) is 3.43. The standard InChI is InChI=1S/C16H29N3/c17-15-18-13-16(11-7-3-4-8-12-16)19(15)14-9-5-1-2-6-10-14/h14H,1-13H2,(H2,17,18). The second-order valence-corrected chi connectivity index (χ2v) is 6.83. The van der Waals surface area contributed by atoms with E-state index in [1.54, 1.807) is 0 Å². The average Bonchev–Trinajstić information content (AvgIpc) is 2.67. The molecule has 0 unspecified atom stereocenters. The predicted molar refractivity (Wildman–Crippen MR) is 80.3 cm³/mol. The molecule has 2 fully saturated rings. The van der Waals surface area contributed by atoms with Crippen LogP contribution in [0.1, 0.15) is 77.0 Å². The summed E-state index contributed by atoms with van der Waals surface area (Å²) in [5.74, 6) is 0.855. The summed E-state index contributed by atoms with van der Waals surface area (Å²) in [4.78, 5) is 7.25. The summed E-state index contributed by atoms with van der Waals surface area (Å²) < 4.78 is 0. The van der Waals surface area contributed by atoms with Crippen LogP contribution < -0.4 is 5.73 Å². The fourth-order valence-corrected chi connectivity index (χ4v) is 4.50. The Labute approximate surface area is 117 Å². The third-order valence-electron chi connectivity index (χ3n) is 5.52. The third-order valence-corrected chi connectivity index (χ3v) is 5.52. The molecule has 3 nitrogen and oxygen atoms in total. The molecule has 0 radical (unpaired) electrons. The molecule has 0 aromatic heterocycles. The molecule has 1 aliphatic heterocycles. The molecule has 3 heteroatoms. The lowest BCUT2D eigenvalue weighted by molar-refractivity contribution is 0.118. The molecule has 0 aromatic carbocycles. The third kappa shape index (κ3) is 2.61. The van der Waals surface area contributed by atoms with Gasteiger partial charge in [-0.05, 0) is 25.7 Å². The zero-order valence-corrected chi connectivity index (χ0v) is 12.2. The molecule has 108 valence electrons. The summed E-state index contributed by atoms with van der Waals surface area (Å²) in [6.45, 7) is 0.968. The van der Waals surface area contributed by atoms with Gasteiger partial charge < -0.3 is 10.6 Å². The molecule has 0 bridgehead atoms. The molecule has 19 heavy (non-hydrogen) atoms. The second-order valence-electron chi connectivity index (χ2n) is 6.83. The van der Waals surface area contributed by atoms with Gasteiger partial charge in [-0.3, -0.25) is 4.99 Å². The summed E-state index contributed by atoms with van der Waals surface area (Å²) in [5.41, 5.74) is 6.59. The van der Waals surface area contributed by atoms with Crippen LogP contribution in [-0.2, 0) is 0 Å². The zero-order valence-electron chi connectivity index (χ0n) is 12.2. The number of aliphatic imine (C=N–C) groups is 1. The van der Waals surface area contributed by atoms with Crippen molar-refractivity contribution in [3.05, 3.63) is 0 Å². The highest BCUT2D eigenvalue weighted by Gasteiger charge is 2.44. The summed E-state index contributed by atoms with van der Waals surface area (Å²) in [5, 5.41) is 0. The van der Waals surface area contributed by atoms with E-state index in [0.29, 0.717) is 11.6 Å². The Morgan fingerprint density at radius 1 is 0.895 bits per heavy atom. The number of hydrogen-bond donors (Lipinski definition) is 1. The summed E-state index contributed by atoms with van der Waals surface area (Å²) in [6, 6.07) is 0.673. The van der Waals surface area contributed by atoms with Crippen LogP contribution in [0.25, 0.3) is 0 Å². The van der Waals surface area contributed by atoms with Crippen molar-refractivity contribution in [2.24, 2.45) is 10.7 Å². The Morgan fingerprint density at radius 3 is 2.11 bits per heavy atom. The monoisotopic (exact) mass is 263 g/mol. The van der Waals surface area contributed by atoms with E-state index in [0.717, 1.165) is 12.5 Å². The summed E-state index contributed by atoms with van der Waals surface area (Å²) in [6.07, 6.45) is 16.4. The maximum absolute atomic E-state index is 6.29. The van der Waals surface area contributed by atoms with Crippen LogP contribution in [-0.4, -0.2) is 29.0 Å². The maximum Gasteiger partial charge on any atom is 0.192 e. The lowest BCUT2D eigenvalue weighted by atomic mass is 9.87. The fraction of sp³-hybridized carbons (Fsp3) is 0.938. The van der Waals surface area contributed by atoms with Gasteiger partial charge in [0.2, 0.25) is 0 Å². The van der Waals surface area contributed by atoms with Gasteiger partial charge in [0.05, 0.1) is 12.1 Å². The van der Waals surface area contributed by atoms with Gasteiger partial charge in [-0.25, -0.2) is 0 Å². The molecule has 2 saturated carbocycles. The lowest BCUT2D eigenvalue weighted by Gasteiger charge is -2.44. The Hall–Kier alpha value is -0.730. The van der Waals surface area contributed by atoms with Crippen LogP contribution in [0.15, 0.2) is 4.99 Å².